The van der Waals surface area contributed by atoms with Gasteiger partial charge in [0, 0.05) is 49.3 Å². The number of halogens is 1. The second-order valence-corrected chi connectivity index (χ2v) is 8.37. The van der Waals surface area contributed by atoms with E-state index >= 15 is 0 Å². The first kappa shape index (κ1) is 20.0. The highest BCUT2D eigenvalue weighted by Crippen LogP contribution is 2.27. The molecule has 27 heavy (non-hydrogen) atoms. The second-order valence-electron chi connectivity index (χ2n) is 7.20. The van der Waals surface area contributed by atoms with E-state index in [-0.39, 0.29) is 17.8 Å². The number of rotatable bonds is 6. The summed E-state index contributed by atoms with van der Waals surface area (Å²) in [6.45, 7) is 2.37. The monoisotopic (exact) mass is 392 g/mol. The summed E-state index contributed by atoms with van der Waals surface area (Å²) < 4.78 is 12.9. The van der Waals surface area contributed by atoms with Gasteiger partial charge in [-0.2, -0.15) is 0 Å². The number of guanidine groups is 1. The molecule has 1 aromatic carbocycles. The maximum atomic E-state index is 12.9. The molecule has 0 spiro atoms. The van der Waals surface area contributed by atoms with Gasteiger partial charge >= 0.3 is 0 Å². The molecule has 1 aliphatic carbocycles. The van der Waals surface area contributed by atoms with E-state index in [0.717, 1.165) is 55.5 Å². The van der Waals surface area contributed by atoms with E-state index in [9.17, 15) is 9.18 Å². The van der Waals surface area contributed by atoms with Gasteiger partial charge in [-0.1, -0.05) is 12.8 Å². The number of carbonyl (C=O) groups excluding carboxylic acids is 1. The van der Waals surface area contributed by atoms with E-state index in [1.165, 1.54) is 25.0 Å². The smallest absolute Gasteiger partial charge is 0.225 e. The number of aliphatic imine (C=N–C) groups is 1. The van der Waals surface area contributed by atoms with E-state index < -0.39 is 0 Å². The molecule has 0 aromatic heterocycles. The molecule has 1 aliphatic heterocycles. The molecule has 1 saturated carbocycles. The molecule has 1 atom stereocenters. The lowest BCUT2D eigenvalue weighted by Gasteiger charge is -2.21. The third kappa shape index (κ3) is 5.86. The van der Waals surface area contributed by atoms with Crippen LogP contribution in [0.3, 0.4) is 0 Å². The van der Waals surface area contributed by atoms with Crippen molar-refractivity contribution in [2.75, 3.05) is 32.4 Å². The van der Waals surface area contributed by atoms with Crippen LogP contribution in [0, 0.1) is 11.7 Å². The molecule has 5 nitrogen and oxygen atoms in total. The molecule has 7 heteroatoms. The van der Waals surface area contributed by atoms with Gasteiger partial charge in [0.2, 0.25) is 5.91 Å². The lowest BCUT2D eigenvalue weighted by atomic mass is 10.1. The number of thioether (sulfide) groups is 1. The molecular weight excluding hydrogens is 363 g/mol. The molecule has 1 aromatic rings. The fraction of sp³-hybridized carbons (Fsp3) is 0.600. The van der Waals surface area contributed by atoms with E-state index in [0.29, 0.717) is 5.91 Å². The number of benzene rings is 1. The van der Waals surface area contributed by atoms with Gasteiger partial charge in [-0.3, -0.25) is 9.79 Å². The topological polar surface area (TPSA) is 56.7 Å². The number of amides is 1. The van der Waals surface area contributed by atoms with Crippen LogP contribution in [0.5, 0.6) is 0 Å². The average Bonchev–Trinajstić information content (AvgIpc) is 3.37. The Morgan fingerprint density at radius 2 is 2.00 bits per heavy atom. The van der Waals surface area contributed by atoms with Crippen molar-refractivity contribution in [1.29, 1.82) is 0 Å². The SMILES string of the molecule is CN=C(NCCSc1ccc(F)cc1)NC1CCN(C(=O)C2CCCC2)C1. The van der Waals surface area contributed by atoms with Crippen molar-refractivity contribution in [3.63, 3.8) is 0 Å². The fourth-order valence-corrected chi connectivity index (χ4v) is 4.53. The highest BCUT2D eigenvalue weighted by Gasteiger charge is 2.32. The lowest BCUT2D eigenvalue weighted by Crippen LogP contribution is -2.45. The van der Waals surface area contributed by atoms with Gasteiger partial charge in [0.1, 0.15) is 5.82 Å². The van der Waals surface area contributed by atoms with Gasteiger partial charge in [-0.15, -0.1) is 11.8 Å². The molecule has 1 saturated heterocycles. The number of likely N-dealkylation sites (tertiary alicyclic amines) is 1. The number of hydrogen-bond acceptors (Lipinski definition) is 3. The Balaban J connectivity index is 1.36. The summed E-state index contributed by atoms with van der Waals surface area (Å²) in [5.74, 6) is 2.03. The Labute approximate surface area is 165 Å². The van der Waals surface area contributed by atoms with Crippen LogP contribution in [-0.2, 0) is 4.79 Å². The van der Waals surface area contributed by atoms with Crippen LogP contribution >= 0.6 is 11.8 Å². The van der Waals surface area contributed by atoms with Gasteiger partial charge in [-0.05, 0) is 43.5 Å². The maximum Gasteiger partial charge on any atom is 0.225 e. The summed E-state index contributed by atoms with van der Waals surface area (Å²) in [6.07, 6.45) is 5.46. The standard InChI is InChI=1S/C20H29FN4OS/c1-22-20(23-11-13-27-18-8-6-16(21)7-9-18)24-17-10-12-25(14-17)19(26)15-4-2-3-5-15/h6-9,15,17H,2-5,10-14H2,1H3,(H2,22,23,24). The minimum Gasteiger partial charge on any atom is -0.356 e. The van der Waals surface area contributed by atoms with Gasteiger partial charge in [0.25, 0.3) is 0 Å². The average molecular weight is 393 g/mol. The highest BCUT2D eigenvalue weighted by molar-refractivity contribution is 7.99. The molecule has 0 radical (unpaired) electrons. The van der Waals surface area contributed by atoms with E-state index in [1.807, 2.05) is 4.90 Å². The predicted octanol–water partition coefficient (Wildman–Crippen LogP) is 2.87. The number of hydrogen-bond donors (Lipinski definition) is 2. The van der Waals surface area contributed by atoms with Crippen LogP contribution in [0.4, 0.5) is 4.39 Å². The van der Waals surface area contributed by atoms with Gasteiger partial charge in [0.05, 0.1) is 0 Å². The second kappa shape index (κ2) is 9.97. The van der Waals surface area contributed by atoms with Crippen molar-refractivity contribution in [2.24, 2.45) is 10.9 Å². The molecule has 2 aliphatic rings. The zero-order valence-corrected chi connectivity index (χ0v) is 16.7. The van der Waals surface area contributed by atoms with Gasteiger partial charge in [0.15, 0.2) is 5.96 Å². The van der Waals surface area contributed by atoms with Crippen molar-refractivity contribution >= 4 is 23.6 Å². The lowest BCUT2D eigenvalue weighted by molar-refractivity contribution is -0.134. The predicted molar refractivity (Wildman–Crippen MR) is 109 cm³/mol. The van der Waals surface area contributed by atoms with Crippen LogP contribution < -0.4 is 10.6 Å². The maximum absolute atomic E-state index is 12.9. The van der Waals surface area contributed by atoms with E-state index in [2.05, 4.69) is 15.6 Å². The molecule has 2 N–H and O–H groups in total. The Morgan fingerprint density at radius 3 is 2.70 bits per heavy atom. The molecule has 1 amide bonds. The summed E-state index contributed by atoms with van der Waals surface area (Å²) in [6, 6.07) is 6.80. The van der Waals surface area contributed by atoms with Crippen LogP contribution in [0.1, 0.15) is 32.1 Å². The van der Waals surface area contributed by atoms with E-state index in [4.69, 9.17) is 0 Å². The minimum atomic E-state index is -0.209. The molecule has 148 valence electrons. The summed E-state index contributed by atoms with van der Waals surface area (Å²) >= 11 is 1.68. The summed E-state index contributed by atoms with van der Waals surface area (Å²) in [7, 11) is 1.76. The molecular formula is C20H29FN4OS. The minimum absolute atomic E-state index is 0.209. The van der Waals surface area contributed by atoms with Crippen molar-refractivity contribution in [2.45, 2.75) is 43.0 Å². The van der Waals surface area contributed by atoms with Crippen LogP contribution in [-0.4, -0.2) is 55.2 Å². The zero-order valence-electron chi connectivity index (χ0n) is 15.9. The van der Waals surface area contributed by atoms with Crippen LogP contribution in [0.2, 0.25) is 0 Å². The zero-order chi connectivity index (χ0) is 19.1. The summed E-state index contributed by atoms with van der Waals surface area (Å²) in [5.41, 5.74) is 0. The largest absolute Gasteiger partial charge is 0.356 e. The number of nitrogens with one attached hydrogen (secondary N) is 2. The highest BCUT2D eigenvalue weighted by atomic mass is 32.2. The molecule has 1 unspecified atom stereocenters. The summed E-state index contributed by atoms with van der Waals surface area (Å²) in [5, 5.41) is 6.75. The molecule has 1 heterocycles. The third-order valence-corrected chi connectivity index (χ3v) is 6.26. The first-order chi connectivity index (χ1) is 13.2. The van der Waals surface area contributed by atoms with Crippen LogP contribution in [0.25, 0.3) is 0 Å². The first-order valence-electron chi connectivity index (χ1n) is 9.80. The fourth-order valence-electron chi connectivity index (χ4n) is 3.77. The van der Waals surface area contributed by atoms with Crippen molar-refractivity contribution in [3.8, 4) is 0 Å². The molecule has 2 fully saturated rings. The Kier molecular flexibility index (Phi) is 7.38. The van der Waals surface area contributed by atoms with E-state index in [1.54, 1.807) is 30.9 Å². The number of carbonyl (C=O) groups is 1. The normalized spacial score (nSPS) is 20.9. The Bertz CT molecular complexity index is 646. The Morgan fingerprint density at radius 1 is 1.26 bits per heavy atom. The third-order valence-electron chi connectivity index (χ3n) is 5.25. The molecule has 3 rings (SSSR count). The van der Waals surface area contributed by atoms with Crippen molar-refractivity contribution in [3.05, 3.63) is 30.1 Å². The number of nitrogens with zero attached hydrogens (tertiary/aromatic N) is 2. The first-order valence-corrected chi connectivity index (χ1v) is 10.8. The van der Waals surface area contributed by atoms with Crippen molar-refractivity contribution in [1.82, 2.24) is 15.5 Å². The van der Waals surface area contributed by atoms with Gasteiger partial charge < -0.3 is 15.5 Å². The quantitative estimate of drug-likeness (QED) is 0.338. The Hall–Kier alpha value is -1.76. The van der Waals surface area contributed by atoms with Crippen LogP contribution in [0.15, 0.2) is 34.2 Å². The molecule has 0 bridgehead atoms. The van der Waals surface area contributed by atoms with Crippen molar-refractivity contribution < 1.29 is 9.18 Å². The van der Waals surface area contributed by atoms with Gasteiger partial charge in [-0.25, -0.2) is 4.39 Å². The summed E-state index contributed by atoms with van der Waals surface area (Å²) in [4.78, 5) is 19.9.